The molecule has 0 saturated carbocycles. The van der Waals surface area contributed by atoms with Crippen molar-refractivity contribution in [3.05, 3.63) is 30.2 Å². The van der Waals surface area contributed by atoms with Crippen molar-refractivity contribution < 1.29 is 9.52 Å². The van der Waals surface area contributed by atoms with Gasteiger partial charge in [0.05, 0.1) is 6.10 Å². The lowest BCUT2D eigenvalue weighted by Crippen LogP contribution is -1.97. The molecule has 0 aliphatic heterocycles. The Morgan fingerprint density at radius 2 is 2.36 bits per heavy atom. The molecule has 0 fully saturated rings. The van der Waals surface area contributed by atoms with E-state index in [1.807, 2.05) is 18.2 Å². The molecule has 0 amide bonds. The third-order valence-corrected chi connectivity index (χ3v) is 2.40. The Kier molecular flexibility index (Phi) is 2.74. The van der Waals surface area contributed by atoms with Crippen LogP contribution in [0, 0.1) is 0 Å². The number of hydrogen-bond donors (Lipinski definition) is 2. The van der Waals surface area contributed by atoms with Gasteiger partial charge < -0.3 is 9.52 Å². The third-order valence-electron chi connectivity index (χ3n) is 2.14. The summed E-state index contributed by atoms with van der Waals surface area (Å²) >= 11 is 4.08. The first-order valence-corrected chi connectivity index (χ1v) is 5.06. The summed E-state index contributed by atoms with van der Waals surface area (Å²) in [5, 5.41) is 9.71. The Bertz CT molecular complexity index is 427. The topological polar surface area (TPSA) is 46.3 Å². The Labute approximate surface area is 87.2 Å². The summed E-state index contributed by atoms with van der Waals surface area (Å²) in [6, 6.07) is 5.52. The van der Waals surface area contributed by atoms with E-state index in [1.54, 1.807) is 0 Å². The van der Waals surface area contributed by atoms with Gasteiger partial charge >= 0.3 is 0 Å². The molecule has 1 N–H and O–H groups in total. The lowest BCUT2D eigenvalue weighted by Gasteiger charge is -2.08. The van der Waals surface area contributed by atoms with E-state index in [9.17, 15) is 5.11 Å². The van der Waals surface area contributed by atoms with Gasteiger partial charge in [0.25, 0.3) is 0 Å². The fraction of sp³-hybridized carbons (Fsp3) is 0.300. The molecular formula is C10H11NO2S. The number of rotatable bonds is 3. The summed E-state index contributed by atoms with van der Waals surface area (Å²) in [6.07, 6.45) is 1.57. The van der Waals surface area contributed by atoms with Crippen LogP contribution in [0.4, 0.5) is 0 Å². The molecule has 0 saturated heterocycles. The van der Waals surface area contributed by atoms with Crippen LogP contribution in [0.1, 0.15) is 18.1 Å². The van der Waals surface area contributed by atoms with E-state index in [2.05, 4.69) is 17.6 Å². The molecule has 14 heavy (non-hydrogen) atoms. The Morgan fingerprint density at radius 3 is 3.14 bits per heavy atom. The quantitative estimate of drug-likeness (QED) is 0.762. The minimum atomic E-state index is -0.470. The zero-order chi connectivity index (χ0) is 9.97. The average molecular weight is 209 g/mol. The average Bonchev–Trinajstić information content (AvgIpc) is 2.64. The molecule has 3 nitrogen and oxygen atoms in total. The van der Waals surface area contributed by atoms with E-state index in [0.717, 1.165) is 11.1 Å². The van der Waals surface area contributed by atoms with Crippen LogP contribution in [-0.4, -0.2) is 15.8 Å². The van der Waals surface area contributed by atoms with Gasteiger partial charge in [-0.15, -0.1) is 0 Å². The first-order chi connectivity index (χ1) is 6.81. The van der Waals surface area contributed by atoms with E-state index in [0.29, 0.717) is 17.8 Å². The summed E-state index contributed by atoms with van der Waals surface area (Å²) in [7, 11) is 0. The Balaban J connectivity index is 2.33. The maximum Gasteiger partial charge on any atom is 0.181 e. The van der Waals surface area contributed by atoms with Crippen molar-refractivity contribution in [3.63, 3.8) is 0 Å². The van der Waals surface area contributed by atoms with Crippen LogP contribution in [0.15, 0.2) is 29.0 Å². The summed E-state index contributed by atoms with van der Waals surface area (Å²) in [4.78, 5) is 4.00. The summed E-state index contributed by atoms with van der Waals surface area (Å²) in [5.74, 6) is 0.662. The number of thiol groups is 1. The second-order valence-electron chi connectivity index (χ2n) is 3.11. The molecule has 74 valence electrons. The highest BCUT2D eigenvalue weighted by atomic mass is 32.1. The van der Waals surface area contributed by atoms with Crippen LogP contribution in [0.5, 0.6) is 0 Å². The van der Waals surface area contributed by atoms with Gasteiger partial charge in [-0.3, -0.25) is 0 Å². The van der Waals surface area contributed by atoms with E-state index >= 15 is 0 Å². The molecule has 1 unspecified atom stereocenters. The maximum absolute atomic E-state index is 9.71. The number of fused-ring (bicyclic) bond motifs is 1. The molecule has 1 atom stereocenters. The summed E-state index contributed by atoms with van der Waals surface area (Å²) in [6.45, 7) is 0. The van der Waals surface area contributed by atoms with Gasteiger partial charge in [-0.25, -0.2) is 4.98 Å². The van der Waals surface area contributed by atoms with Crippen LogP contribution in [0.2, 0.25) is 0 Å². The largest absolute Gasteiger partial charge is 0.443 e. The molecule has 1 heterocycles. The van der Waals surface area contributed by atoms with E-state index in [4.69, 9.17) is 4.42 Å². The molecule has 0 bridgehead atoms. The number of oxazole rings is 1. The Morgan fingerprint density at radius 1 is 1.50 bits per heavy atom. The molecular weight excluding hydrogens is 198 g/mol. The van der Waals surface area contributed by atoms with E-state index in [1.165, 1.54) is 6.39 Å². The van der Waals surface area contributed by atoms with Crippen molar-refractivity contribution in [2.75, 3.05) is 5.75 Å². The van der Waals surface area contributed by atoms with Crippen molar-refractivity contribution in [2.24, 2.45) is 0 Å². The zero-order valence-electron chi connectivity index (χ0n) is 7.55. The standard InChI is InChI=1S/C10H11NO2S/c12-9(3-4-14)7-1-2-8-10(5-7)13-6-11-8/h1-2,5-6,9,12,14H,3-4H2. The second-order valence-corrected chi connectivity index (χ2v) is 3.55. The SMILES string of the molecule is OC(CCS)c1ccc2ncoc2c1. The maximum atomic E-state index is 9.71. The van der Waals surface area contributed by atoms with Crippen molar-refractivity contribution in [1.82, 2.24) is 4.98 Å². The first-order valence-electron chi connectivity index (χ1n) is 4.43. The zero-order valence-corrected chi connectivity index (χ0v) is 8.45. The fourth-order valence-electron chi connectivity index (χ4n) is 1.37. The lowest BCUT2D eigenvalue weighted by atomic mass is 10.1. The Hall–Kier alpha value is -1.00. The monoisotopic (exact) mass is 209 g/mol. The summed E-state index contributed by atoms with van der Waals surface area (Å²) < 4.78 is 5.15. The van der Waals surface area contributed by atoms with Gasteiger partial charge in [-0.05, 0) is 29.9 Å². The van der Waals surface area contributed by atoms with Crippen molar-refractivity contribution in [2.45, 2.75) is 12.5 Å². The highest BCUT2D eigenvalue weighted by Gasteiger charge is 2.08. The number of hydrogen-bond acceptors (Lipinski definition) is 4. The highest BCUT2D eigenvalue weighted by molar-refractivity contribution is 7.80. The number of nitrogens with zero attached hydrogens (tertiary/aromatic N) is 1. The normalized spacial score (nSPS) is 13.3. The van der Waals surface area contributed by atoms with Gasteiger partial charge in [-0.1, -0.05) is 6.07 Å². The number of aliphatic hydroxyl groups excluding tert-OH is 1. The first kappa shape index (κ1) is 9.55. The molecule has 1 aromatic heterocycles. The van der Waals surface area contributed by atoms with Crippen molar-refractivity contribution in [3.8, 4) is 0 Å². The van der Waals surface area contributed by atoms with Crippen LogP contribution in [0.25, 0.3) is 11.1 Å². The number of aliphatic hydroxyl groups is 1. The minimum absolute atomic E-state index is 0.470. The second kappa shape index (κ2) is 4.02. The molecule has 1 aromatic carbocycles. The van der Waals surface area contributed by atoms with Gasteiger partial charge in [0.2, 0.25) is 0 Å². The van der Waals surface area contributed by atoms with Crippen molar-refractivity contribution >= 4 is 23.7 Å². The van der Waals surface area contributed by atoms with Crippen LogP contribution >= 0.6 is 12.6 Å². The van der Waals surface area contributed by atoms with E-state index < -0.39 is 6.10 Å². The van der Waals surface area contributed by atoms with Crippen LogP contribution in [-0.2, 0) is 0 Å². The lowest BCUT2D eigenvalue weighted by molar-refractivity contribution is 0.175. The predicted molar refractivity (Wildman–Crippen MR) is 57.4 cm³/mol. The molecule has 2 rings (SSSR count). The molecule has 0 spiro atoms. The fourth-order valence-corrected chi connectivity index (χ4v) is 1.61. The van der Waals surface area contributed by atoms with Gasteiger partial charge in [0.1, 0.15) is 5.52 Å². The molecule has 0 aliphatic carbocycles. The van der Waals surface area contributed by atoms with Crippen LogP contribution in [0.3, 0.4) is 0 Å². The number of benzene rings is 1. The molecule has 2 aromatic rings. The number of aromatic nitrogens is 1. The molecule has 4 heteroatoms. The highest BCUT2D eigenvalue weighted by Crippen LogP contribution is 2.21. The van der Waals surface area contributed by atoms with Gasteiger partial charge in [-0.2, -0.15) is 12.6 Å². The molecule has 0 radical (unpaired) electrons. The van der Waals surface area contributed by atoms with Crippen molar-refractivity contribution in [1.29, 1.82) is 0 Å². The smallest absolute Gasteiger partial charge is 0.181 e. The minimum Gasteiger partial charge on any atom is -0.443 e. The summed E-state index contributed by atoms with van der Waals surface area (Å²) in [5.41, 5.74) is 2.37. The van der Waals surface area contributed by atoms with Gasteiger partial charge in [0.15, 0.2) is 12.0 Å². The van der Waals surface area contributed by atoms with Crippen LogP contribution < -0.4 is 0 Å². The van der Waals surface area contributed by atoms with Gasteiger partial charge in [0, 0.05) is 0 Å². The predicted octanol–water partition coefficient (Wildman–Crippen LogP) is 2.18. The third kappa shape index (κ3) is 1.76. The molecule has 0 aliphatic rings. The van der Waals surface area contributed by atoms with E-state index in [-0.39, 0.29) is 0 Å².